The van der Waals surface area contributed by atoms with Crippen molar-refractivity contribution in [3.63, 3.8) is 0 Å². The third-order valence-corrected chi connectivity index (χ3v) is 4.57. The SMILES string of the molecule is COc1ccc(CN2CCCN(C(=O)/C=C/c3cccnc3)CC2)cc1. The number of amides is 1. The van der Waals surface area contributed by atoms with Crippen molar-refractivity contribution >= 4 is 12.0 Å². The number of carbonyl (C=O) groups is 1. The lowest BCUT2D eigenvalue weighted by atomic mass is 10.2. The van der Waals surface area contributed by atoms with Gasteiger partial charge in [0, 0.05) is 51.2 Å². The molecule has 0 unspecified atom stereocenters. The van der Waals surface area contributed by atoms with Gasteiger partial charge in [0.25, 0.3) is 0 Å². The summed E-state index contributed by atoms with van der Waals surface area (Å²) in [4.78, 5) is 20.8. The van der Waals surface area contributed by atoms with E-state index >= 15 is 0 Å². The molecular weight excluding hydrogens is 326 g/mol. The molecule has 5 heteroatoms. The van der Waals surface area contributed by atoms with Gasteiger partial charge in [0.1, 0.15) is 5.75 Å². The van der Waals surface area contributed by atoms with Crippen LogP contribution in [0.3, 0.4) is 0 Å². The van der Waals surface area contributed by atoms with E-state index in [1.54, 1.807) is 25.6 Å². The smallest absolute Gasteiger partial charge is 0.246 e. The van der Waals surface area contributed by atoms with Crippen LogP contribution in [0.15, 0.2) is 54.9 Å². The maximum absolute atomic E-state index is 12.4. The van der Waals surface area contributed by atoms with Crippen molar-refractivity contribution in [3.05, 3.63) is 66.0 Å². The van der Waals surface area contributed by atoms with Gasteiger partial charge < -0.3 is 9.64 Å². The van der Waals surface area contributed by atoms with Crippen LogP contribution >= 0.6 is 0 Å². The van der Waals surface area contributed by atoms with Crippen molar-refractivity contribution in [2.24, 2.45) is 0 Å². The number of methoxy groups -OCH3 is 1. The first-order chi connectivity index (χ1) is 12.7. The van der Waals surface area contributed by atoms with Gasteiger partial charge in [-0.25, -0.2) is 0 Å². The van der Waals surface area contributed by atoms with Gasteiger partial charge in [-0.05, 0) is 41.8 Å². The normalized spacial score (nSPS) is 15.8. The number of benzene rings is 1. The Bertz CT molecular complexity index is 729. The molecule has 1 amide bonds. The van der Waals surface area contributed by atoms with Crippen molar-refractivity contribution in [3.8, 4) is 5.75 Å². The highest BCUT2D eigenvalue weighted by Crippen LogP contribution is 2.14. The molecule has 1 aliphatic heterocycles. The topological polar surface area (TPSA) is 45.7 Å². The highest BCUT2D eigenvalue weighted by Gasteiger charge is 2.17. The van der Waals surface area contributed by atoms with E-state index in [1.165, 1.54) is 5.56 Å². The van der Waals surface area contributed by atoms with Crippen LogP contribution in [0.1, 0.15) is 17.5 Å². The molecule has 2 heterocycles. The average Bonchev–Trinajstić information content (AvgIpc) is 2.93. The van der Waals surface area contributed by atoms with E-state index < -0.39 is 0 Å². The first-order valence-corrected chi connectivity index (χ1v) is 8.97. The second-order valence-corrected chi connectivity index (χ2v) is 6.42. The maximum atomic E-state index is 12.4. The minimum absolute atomic E-state index is 0.0696. The molecule has 1 aromatic heterocycles. The minimum Gasteiger partial charge on any atom is -0.497 e. The van der Waals surface area contributed by atoms with Crippen molar-refractivity contribution in [2.75, 3.05) is 33.3 Å². The van der Waals surface area contributed by atoms with Gasteiger partial charge >= 0.3 is 0 Å². The van der Waals surface area contributed by atoms with Crippen molar-refractivity contribution in [1.82, 2.24) is 14.8 Å². The molecule has 0 saturated carbocycles. The van der Waals surface area contributed by atoms with E-state index in [2.05, 4.69) is 22.0 Å². The molecule has 0 N–H and O–H groups in total. The lowest BCUT2D eigenvalue weighted by Crippen LogP contribution is -2.34. The average molecular weight is 351 g/mol. The van der Waals surface area contributed by atoms with Gasteiger partial charge in [0.2, 0.25) is 5.91 Å². The molecule has 1 aliphatic rings. The number of ether oxygens (including phenoxy) is 1. The monoisotopic (exact) mass is 351 g/mol. The van der Waals surface area contributed by atoms with Crippen molar-refractivity contribution in [1.29, 1.82) is 0 Å². The molecule has 0 spiro atoms. The number of carbonyl (C=O) groups excluding carboxylic acids is 1. The minimum atomic E-state index is 0.0696. The number of nitrogens with zero attached hydrogens (tertiary/aromatic N) is 3. The molecule has 0 aliphatic carbocycles. The van der Waals surface area contributed by atoms with Gasteiger partial charge in [-0.1, -0.05) is 18.2 Å². The second-order valence-electron chi connectivity index (χ2n) is 6.42. The standard InChI is InChI=1S/C21H25N3O2/c1-26-20-8-5-19(6-9-20)17-23-12-3-13-24(15-14-23)21(25)10-7-18-4-2-11-22-16-18/h2,4-11,16H,3,12-15,17H2,1H3/b10-7+. The maximum Gasteiger partial charge on any atom is 0.246 e. The van der Waals surface area contributed by atoms with Crippen LogP contribution in [0.5, 0.6) is 5.75 Å². The van der Waals surface area contributed by atoms with Gasteiger partial charge in [-0.3, -0.25) is 14.7 Å². The summed E-state index contributed by atoms with van der Waals surface area (Å²) < 4.78 is 5.21. The van der Waals surface area contributed by atoms with Gasteiger partial charge in [0.05, 0.1) is 7.11 Å². The summed E-state index contributed by atoms with van der Waals surface area (Å²) in [6.45, 7) is 4.35. The van der Waals surface area contributed by atoms with Crippen LogP contribution < -0.4 is 4.74 Å². The highest BCUT2D eigenvalue weighted by molar-refractivity contribution is 5.91. The van der Waals surface area contributed by atoms with E-state index in [9.17, 15) is 4.79 Å². The molecule has 0 bridgehead atoms. The van der Waals surface area contributed by atoms with Gasteiger partial charge in [0.15, 0.2) is 0 Å². The summed E-state index contributed by atoms with van der Waals surface area (Å²) in [5.74, 6) is 0.946. The largest absolute Gasteiger partial charge is 0.497 e. The Balaban J connectivity index is 1.52. The fourth-order valence-corrected chi connectivity index (χ4v) is 3.09. The third-order valence-electron chi connectivity index (χ3n) is 4.57. The lowest BCUT2D eigenvalue weighted by Gasteiger charge is -2.21. The van der Waals surface area contributed by atoms with Crippen LogP contribution in [-0.4, -0.2) is 54.0 Å². The Morgan fingerprint density at radius 1 is 1.15 bits per heavy atom. The molecular formula is C21H25N3O2. The third kappa shape index (κ3) is 5.17. The zero-order chi connectivity index (χ0) is 18.2. The fraction of sp³-hybridized carbons (Fsp3) is 0.333. The molecule has 0 radical (unpaired) electrons. The van der Waals surface area contributed by atoms with Crippen molar-refractivity contribution in [2.45, 2.75) is 13.0 Å². The highest BCUT2D eigenvalue weighted by atomic mass is 16.5. The first kappa shape index (κ1) is 18.1. The Morgan fingerprint density at radius 3 is 2.73 bits per heavy atom. The Labute approximate surface area is 154 Å². The van der Waals surface area contributed by atoms with Crippen molar-refractivity contribution < 1.29 is 9.53 Å². The quantitative estimate of drug-likeness (QED) is 0.777. The summed E-state index contributed by atoms with van der Waals surface area (Å²) in [7, 11) is 1.68. The summed E-state index contributed by atoms with van der Waals surface area (Å²) in [5.41, 5.74) is 2.21. The van der Waals surface area contributed by atoms with Crippen LogP contribution in [0.25, 0.3) is 6.08 Å². The summed E-state index contributed by atoms with van der Waals surface area (Å²) in [6, 6.07) is 12.0. The molecule has 26 heavy (non-hydrogen) atoms. The molecule has 1 fully saturated rings. The molecule has 1 aromatic carbocycles. The predicted molar refractivity (Wildman–Crippen MR) is 103 cm³/mol. The Hall–Kier alpha value is -2.66. The summed E-state index contributed by atoms with van der Waals surface area (Å²) in [6.07, 6.45) is 7.95. The van der Waals surface area contributed by atoms with Crippen LogP contribution in [0.2, 0.25) is 0 Å². The number of hydrogen-bond acceptors (Lipinski definition) is 4. The number of pyridine rings is 1. The van der Waals surface area contributed by atoms with Gasteiger partial charge in [-0.2, -0.15) is 0 Å². The molecule has 3 rings (SSSR count). The fourth-order valence-electron chi connectivity index (χ4n) is 3.09. The van der Waals surface area contributed by atoms with Crippen LogP contribution in [0.4, 0.5) is 0 Å². The number of rotatable bonds is 5. The van der Waals surface area contributed by atoms with E-state index in [-0.39, 0.29) is 5.91 Å². The molecule has 136 valence electrons. The molecule has 2 aromatic rings. The van der Waals surface area contributed by atoms with E-state index in [1.807, 2.05) is 35.2 Å². The molecule has 0 atom stereocenters. The van der Waals surface area contributed by atoms with E-state index in [0.717, 1.165) is 50.5 Å². The molecule has 1 saturated heterocycles. The summed E-state index contributed by atoms with van der Waals surface area (Å²) in [5, 5.41) is 0. The van der Waals surface area contributed by atoms with Crippen LogP contribution in [-0.2, 0) is 11.3 Å². The van der Waals surface area contributed by atoms with Gasteiger partial charge in [-0.15, -0.1) is 0 Å². The Morgan fingerprint density at radius 2 is 2.00 bits per heavy atom. The summed E-state index contributed by atoms with van der Waals surface area (Å²) >= 11 is 0. The van der Waals surface area contributed by atoms with E-state index in [0.29, 0.717) is 0 Å². The van der Waals surface area contributed by atoms with E-state index in [4.69, 9.17) is 4.74 Å². The zero-order valence-electron chi connectivity index (χ0n) is 15.2. The van der Waals surface area contributed by atoms with Crippen LogP contribution in [0, 0.1) is 0 Å². The predicted octanol–water partition coefficient (Wildman–Crippen LogP) is 2.84. The number of aromatic nitrogens is 1. The second kappa shape index (κ2) is 9.15. The number of hydrogen-bond donors (Lipinski definition) is 0. The Kier molecular flexibility index (Phi) is 6.39. The zero-order valence-corrected chi connectivity index (χ0v) is 15.2. The molecule has 5 nitrogen and oxygen atoms in total. The first-order valence-electron chi connectivity index (χ1n) is 8.97. The lowest BCUT2D eigenvalue weighted by molar-refractivity contribution is -0.125.